The molecule has 0 amide bonds. The first-order chi connectivity index (χ1) is 9.49. The average molecular weight is 291 g/mol. The molecule has 1 heterocycles. The van der Waals surface area contributed by atoms with E-state index in [2.05, 4.69) is 35.8 Å². The van der Waals surface area contributed by atoms with Crippen molar-refractivity contribution >= 4 is 23.6 Å². The molecular formula is C14H17N3O2S. The normalized spacial score (nSPS) is 19.6. The first-order valence-corrected chi connectivity index (χ1v) is 7.18. The van der Waals surface area contributed by atoms with Crippen LogP contribution < -0.4 is 0 Å². The Kier molecular flexibility index (Phi) is 4.09. The fourth-order valence-corrected chi connectivity index (χ4v) is 3.76. The van der Waals surface area contributed by atoms with Crippen LogP contribution in [-0.2, 0) is 16.0 Å². The van der Waals surface area contributed by atoms with Gasteiger partial charge < -0.3 is 4.74 Å². The summed E-state index contributed by atoms with van der Waals surface area (Å²) in [4.78, 5) is 17.9. The quantitative estimate of drug-likeness (QED) is 0.281. The topological polar surface area (TPSA) is 65.7 Å². The number of nitriles is 1. The van der Waals surface area contributed by atoms with Crippen molar-refractivity contribution in [1.82, 2.24) is 4.90 Å². The van der Waals surface area contributed by atoms with Crippen LogP contribution in [0.15, 0.2) is 16.4 Å². The van der Waals surface area contributed by atoms with Crippen molar-refractivity contribution in [2.24, 2.45) is 10.4 Å². The van der Waals surface area contributed by atoms with Crippen LogP contribution in [-0.4, -0.2) is 30.9 Å². The maximum atomic E-state index is 11.1. The highest BCUT2D eigenvalue weighted by atomic mass is 32.1. The van der Waals surface area contributed by atoms with Crippen molar-refractivity contribution in [1.29, 1.82) is 5.26 Å². The summed E-state index contributed by atoms with van der Waals surface area (Å²) in [6, 6.07) is 2.04. The van der Waals surface area contributed by atoms with E-state index in [1.54, 1.807) is 11.3 Å². The zero-order valence-electron chi connectivity index (χ0n) is 11.8. The number of esters is 1. The molecule has 1 aliphatic carbocycles. The number of fused-ring (bicyclic) bond motifs is 1. The van der Waals surface area contributed by atoms with Crippen LogP contribution in [0.4, 0.5) is 0 Å². The van der Waals surface area contributed by atoms with E-state index in [1.807, 2.05) is 5.38 Å². The summed E-state index contributed by atoms with van der Waals surface area (Å²) in [5, 5.41) is 11.4. The van der Waals surface area contributed by atoms with Crippen molar-refractivity contribution in [2.45, 2.75) is 26.3 Å². The highest BCUT2D eigenvalue weighted by Gasteiger charge is 2.43. The molecule has 1 unspecified atom stereocenters. The summed E-state index contributed by atoms with van der Waals surface area (Å²) in [6.07, 6.45) is 4.55. The van der Waals surface area contributed by atoms with Crippen LogP contribution in [0.2, 0.25) is 0 Å². The zero-order valence-corrected chi connectivity index (χ0v) is 12.6. The van der Waals surface area contributed by atoms with Crippen LogP contribution in [0.5, 0.6) is 0 Å². The van der Waals surface area contributed by atoms with Crippen molar-refractivity contribution in [2.75, 3.05) is 13.7 Å². The molecule has 0 spiro atoms. The van der Waals surface area contributed by atoms with E-state index in [0.29, 0.717) is 0 Å². The Labute approximate surface area is 122 Å². The van der Waals surface area contributed by atoms with E-state index in [1.165, 1.54) is 28.8 Å². The Morgan fingerprint density at radius 3 is 3.15 bits per heavy atom. The van der Waals surface area contributed by atoms with Crippen LogP contribution in [0.3, 0.4) is 0 Å². The third-order valence-corrected chi connectivity index (χ3v) is 4.42. The number of nitrogens with zero attached hydrogens (tertiary/aromatic N) is 3. The highest BCUT2D eigenvalue weighted by Crippen LogP contribution is 2.49. The van der Waals surface area contributed by atoms with Gasteiger partial charge in [0.25, 0.3) is 0 Å². The average Bonchev–Trinajstić information content (AvgIpc) is 2.92. The van der Waals surface area contributed by atoms with Crippen LogP contribution in [0, 0.1) is 16.9 Å². The van der Waals surface area contributed by atoms with Gasteiger partial charge in [-0.25, -0.2) is 0 Å². The van der Waals surface area contributed by atoms with Gasteiger partial charge >= 0.3 is 5.97 Å². The van der Waals surface area contributed by atoms with Crippen LogP contribution in [0.25, 0.3) is 0 Å². The Hall–Kier alpha value is -1.87. The van der Waals surface area contributed by atoms with E-state index in [0.717, 1.165) is 6.42 Å². The maximum Gasteiger partial charge on any atom is 0.327 e. The van der Waals surface area contributed by atoms with Gasteiger partial charge in [0, 0.05) is 4.88 Å². The third kappa shape index (κ3) is 2.68. The van der Waals surface area contributed by atoms with Gasteiger partial charge in [0.05, 0.1) is 19.5 Å². The van der Waals surface area contributed by atoms with E-state index in [4.69, 9.17) is 0 Å². The van der Waals surface area contributed by atoms with Gasteiger partial charge in [-0.2, -0.15) is 5.26 Å². The summed E-state index contributed by atoms with van der Waals surface area (Å²) < 4.78 is 4.52. The SMILES string of the molecule is COC(=O)CN=CN(C#N)C1c2ccsc2CC1(C)C. The van der Waals surface area contributed by atoms with Crippen LogP contribution >= 0.6 is 11.3 Å². The number of hydrogen-bond donors (Lipinski definition) is 0. The molecule has 0 radical (unpaired) electrons. The molecule has 106 valence electrons. The lowest BCUT2D eigenvalue weighted by atomic mass is 9.85. The predicted molar refractivity (Wildman–Crippen MR) is 77.4 cm³/mol. The number of thiophene rings is 1. The van der Waals surface area contributed by atoms with E-state index >= 15 is 0 Å². The first-order valence-electron chi connectivity index (χ1n) is 6.30. The molecular weight excluding hydrogens is 274 g/mol. The van der Waals surface area contributed by atoms with Crippen molar-refractivity contribution in [3.63, 3.8) is 0 Å². The molecule has 6 heteroatoms. The Bertz CT molecular complexity index is 571. The lowest BCUT2D eigenvalue weighted by molar-refractivity contribution is -0.138. The first kappa shape index (κ1) is 14.5. The van der Waals surface area contributed by atoms with Gasteiger partial charge in [-0.3, -0.25) is 14.7 Å². The zero-order chi connectivity index (χ0) is 14.8. The van der Waals surface area contributed by atoms with E-state index in [9.17, 15) is 10.1 Å². The number of hydrogen-bond acceptors (Lipinski definition) is 5. The minimum atomic E-state index is -0.416. The minimum absolute atomic E-state index is 0.0323. The smallest absolute Gasteiger partial charge is 0.327 e. The highest BCUT2D eigenvalue weighted by molar-refractivity contribution is 7.10. The summed E-state index contributed by atoms with van der Waals surface area (Å²) in [6.45, 7) is 4.21. The number of methoxy groups -OCH3 is 1. The second kappa shape index (κ2) is 5.63. The number of carbonyl (C=O) groups excluding carboxylic acids is 1. The molecule has 20 heavy (non-hydrogen) atoms. The summed E-state index contributed by atoms with van der Waals surface area (Å²) in [5.41, 5.74) is 1.15. The standard InChI is InChI=1S/C14H17N3O2S/c1-14(2)6-11-10(4-5-20-11)13(14)17(8-15)9-16-7-12(18)19-3/h4-5,9,13H,6-7H2,1-3H3. The van der Waals surface area contributed by atoms with Crippen molar-refractivity contribution < 1.29 is 9.53 Å². The molecule has 5 nitrogen and oxygen atoms in total. The maximum absolute atomic E-state index is 11.1. The van der Waals surface area contributed by atoms with Crippen LogP contribution in [0.1, 0.15) is 30.3 Å². The predicted octanol–water partition coefficient (Wildman–Crippen LogP) is 2.36. The second-order valence-electron chi connectivity index (χ2n) is 5.41. The lowest BCUT2D eigenvalue weighted by Crippen LogP contribution is -2.32. The molecule has 0 N–H and O–H groups in total. The number of rotatable bonds is 4. The summed E-state index contributed by atoms with van der Waals surface area (Å²) in [5.74, 6) is -0.416. The van der Waals surface area contributed by atoms with Crippen molar-refractivity contribution in [3.8, 4) is 6.19 Å². The van der Waals surface area contributed by atoms with Gasteiger partial charge in [-0.1, -0.05) is 13.8 Å². The molecule has 0 aliphatic heterocycles. The Balaban J connectivity index is 2.19. The molecule has 1 aliphatic rings. The Morgan fingerprint density at radius 2 is 2.50 bits per heavy atom. The van der Waals surface area contributed by atoms with Crippen molar-refractivity contribution in [3.05, 3.63) is 21.9 Å². The third-order valence-electron chi connectivity index (χ3n) is 3.48. The van der Waals surface area contributed by atoms with Gasteiger partial charge in [0.1, 0.15) is 6.54 Å². The van der Waals surface area contributed by atoms with E-state index < -0.39 is 5.97 Å². The molecule has 0 fully saturated rings. The molecule has 1 aromatic rings. The molecule has 0 bridgehead atoms. The number of carbonyl (C=O) groups is 1. The largest absolute Gasteiger partial charge is 0.468 e. The molecule has 0 saturated carbocycles. The molecule has 0 saturated heterocycles. The molecule has 1 aromatic heterocycles. The number of aliphatic imine (C=N–C) groups is 1. The summed E-state index contributed by atoms with van der Waals surface area (Å²) in [7, 11) is 1.32. The van der Waals surface area contributed by atoms with Gasteiger partial charge in [-0.15, -0.1) is 11.3 Å². The van der Waals surface area contributed by atoms with Gasteiger partial charge in [0.15, 0.2) is 6.19 Å². The molecule has 1 atom stereocenters. The lowest BCUT2D eigenvalue weighted by Gasteiger charge is -2.31. The fraction of sp³-hybridized carbons (Fsp3) is 0.500. The summed E-state index contributed by atoms with van der Waals surface area (Å²) >= 11 is 1.72. The monoisotopic (exact) mass is 291 g/mol. The van der Waals surface area contributed by atoms with Gasteiger partial charge in [-0.05, 0) is 28.8 Å². The molecule has 0 aromatic carbocycles. The Morgan fingerprint density at radius 1 is 1.75 bits per heavy atom. The number of ether oxygens (including phenoxy) is 1. The minimum Gasteiger partial charge on any atom is -0.468 e. The van der Waals surface area contributed by atoms with Gasteiger partial charge in [0.2, 0.25) is 0 Å². The molecule has 2 rings (SSSR count). The second-order valence-corrected chi connectivity index (χ2v) is 6.41. The van der Waals surface area contributed by atoms with E-state index in [-0.39, 0.29) is 18.0 Å². The fourth-order valence-electron chi connectivity index (χ4n) is 2.61.